The van der Waals surface area contributed by atoms with Crippen molar-refractivity contribution in [1.29, 1.82) is 0 Å². The van der Waals surface area contributed by atoms with E-state index in [0.29, 0.717) is 19.3 Å². The summed E-state index contributed by atoms with van der Waals surface area (Å²) in [7, 11) is 0. The second kappa shape index (κ2) is 10.4. The van der Waals surface area contributed by atoms with Crippen molar-refractivity contribution in [3.05, 3.63) is 11.6 Å². The number of ketones is 3. The Hall–Kier alpha value is -2.92. The minimum absolute atomic E-state index is 0.00604. The number of carbonyl (C=O) groups is 6. The number of rotatable bonds is 7. The van der Waals surface area contributed by atoms with Crippen LogP contribution in [0, 0.1) is 28.6 Å². The zero-order valence-corrected chi connectivity index (χ0v) is 23.6. The third-order valence-corrected chi connectivity index (χ3v) is 11.1. The van der Waals surface area contributed by atoms with Crippen molar-refractivity contribution in [1.82, 2.24) is 4.90 Å². The first kappa shape index (κ1) is 29.6. The second-order valence-electron chi connectivity index (χ2n) is 13.2. The first-order valence-electron chi connectivity index (χ1n) is 14.6. The summed E-state index contributed by atoms with van der Waals surface area (Å²) in [4.78, 5) is 76.4. The highest BCUT2D eigenvalue weighted by atomic mass is 16.5. The quantitative estimate of drug-likeness (QED) is 0.377. The summed E-state index contributed by atoms with van der Waals surface area (Å²) in [6.07, 6.45) is 3.19. The maximum Gasteiger partial charge on any atom is 0.326 e. The Morgan fingerprint density at radius 1 is 1.07 bits per heavy atom. The Balaban J connectivity index is 1.21. The number of hydrogen-bond acceptors (Lipinski definition) is 9. The molecule has 0 aromatic carbocycles. The van der Waals surface area contributed by atoms with Crippen molar-refractivity contribution in [2.45, 2.75) is 95.8 Å². The van der Waals surface area contributed by atoms with Gasteiger partial charge in [0.2, 0.25) is 11.7 Å². The lowest BCUT2D eigenvalue weighted by Gasteiger charge is -2.57. The van der Waals surface area contributed by atoms with Gasteiger partial charge in [0.05, 0.1) is 12.5 Å². The number of aliphatic hydroxyl groups excluding tert-OH is 1. The summed E-state index contributed by atoms with van der Waals surface area (Å²) in [6.45, 7) is 3.04. The maximum absolute atomic E-state index is 13.7. The van der Waals surface area contributed by atoms with Crippen LogP contribution in [0.3, 0.4) is 0 Å². The molecule has 1 aliphatic heterocycles. The molecule has 41 heavy (non-hydrogen) atoms. The fourth-order valence-corrected chi connectivity index (χ4v) is 8.86. The van der Waals surface area contributed by atoms with Crippen molar-refractivity contribution in [2.24, 2.45) is 28.6 Å². The van der Waals surface area contributed by atoms with Gasteiger partial charge in [-0.25, -0.2) is 4.79 Å². The molecule has 4 fully saturated rings. The molecular weight excluding hydrogens is 534 g/mol. The number of fused-ring (bicyclic) bond motifs is 5. The maximum atomic E-state index is 13.7. The molecule has 1 saturated heterocycles. The highest BCUT2D eigenvalue weighted by Crippen LogP contribution is 2.66. The van der Waals surface area contributed by atoms with Gasteiger partial charge in [-0.2, -0.15) is 0 Å². The molecule has 0 radical (unpaired) electrons. The predicted molar refractivity (Wildman–Crippen MR) is 141 cm³/mol. The monoisotopic (exact) mass is 573 g/mol. The average molecular weight is 574 g/mol. The van der Waals surface area contributed by atoms with Crippen LogP contribution in [0.25, 0.3) is 0 Å². The van der Waals surface area contributed by atoms with Crippen molar-refractivity contribution in [3.63, 3.8) is 0 Å². The standard InChI is InChI=1S/C30H39NO10/c1-28-9-7-17(32)11-16(28)3-4-19-20-8-10-30(40,29(20,2)13-22(34)26(19)28)23(35)15-41-25(37)6-5-24(36)31-14-18(33)12-21(31)27(38)39/h11,18-21,26,33,40H,3-10,12-15H2,1-2H3,(H,38,39)/t18-,19+,20+,21+,26-,28+,29+,30+/m1/s1. The van der Waals surface area contributed by atoms with Crippen LogP contribution < -0.4 is 0 Å². The van der Waals surface area contributed by atoms with E-state index in [4.69, 9.17) is 4.74 Å². The number of allylic oxidation sites excluding steroid dienone is 1. The third-order valence-electron chi connectivity index (χ3n) is 11.1. The fraction of sp³-hybridized carbons (Fsp3) is 0.733. The molecule has 5 rings (SSSR count). The highest BCUT2D eigenvalue weighted by molar-refractivity contribution is 5.95. The van der Waals surface area contributed by atoms with Gasteiger partial charge < -0.3 is 25.0 Å². The average Bonchev–Trinajstić information content (AvgIpc) is 3.43. The number of carboxylic acid groups (broad SMARTS) is 1. The van der Waals surface area contributed by atoms with Crippen molar-refractivity contribution in [3.8, 4) is 0 Å². The Labute approximate surface area is 238 Å². The second-order valence-corrected chi connectivity index (χ2v) is 13.2. The minimum atomic E-state index is -1.84. The lowest BCUT2D eigenvalue weighted by Crippen LogP contribution is -2.61. The molecule has 0 bridgehead atoms. The lowest BCUT2D eigenvalue weighted by molar-refractivity contribution is -0.174. The van der Waals surface area contributed by atoms with Gasteiger partial charge in [0.1, 0.15) is 17.4 Å². The molecule has 11 heteroatoms. The predicted octanol–water partition coefficient (Wildman–Crippen LogP) is 1.37. The van der Waals surface area contributed by atoms with Crippen molar-refractivity contribution in [2.75, 3.05) is 13.2 Å². The van der Waals surface area contributed by atoms with E-state index in [0.717, 1.165) is 23.3 Å². The number of ether oxygens (including phenoxy) is 1. The SMILES string of the molecule is C[C@]12CCC(=O)C=C1CC[C@@H]1[C@@H]2C(=O)C[C@@]2(C)[C@H]1CC[C@]2(O)C(=O)COC(=O)CCC(=O)N1C[C@H](O)C[C@H]1C(=O)O. The Bertz CT molecular complexity index is 1230. The molecule has 0 aromatic heterocycles. The summed E-state index contributed by atoms with van der Waals surface area (Å²) >= 11 is 0. The minimum Gasteiger partial charge on any atom is -0.480 e. The van der Waals surface area contributed by atoms with Crippen molar-refractivity contribution >= 4 is 35.2 Å². The first-order chi connectivity index (χ1) is 19.2. The molecule has 3 N–H and O–H groups in total. The topological polar surface area (TPSA) is 176 Å². The molecule has 224 valence electrons. The van der Waals surface area contributed by atoms with E-state index in [1.165, 1.54) is 0 Å². The van der Waals surface area contributed by atoms with E-state index >= 15 is 0 Å². The molecule has 8 atom stereocenters. The zero-order chi connectivity index (χ0) is 29.9. The van der Waals surface area contributed by atoms with E-state index < -0.39 is 53.4 Å². The first-order valence-corrected chi connectivity index (χ1v) is 14.6. The molecule has 4 aliphatic carbocycles. The Morgan fingerprint density at radius 3 is 2.51 bits per heavy atom. The number of hydrogen-bond donors (Lipinski definition) is 3. The Kier molecular flexibility index (Phi) is 7.51. The number of esters is 1. The number of aliphatic hydroxyl groups is 2. The van der Waals surface area contributed by atoms with Crippen LogP contribution in [-0.4, -0.2) is 86.3 Å². The summed E-state index contributed by atoms with van der Waals surface area (Å²) in [5.41, 5.74) is -2.19. The van der Waals surface area contributed by atoms with Crippen molar-refractivity contribution < 1.29 is 48.8 Å². The van der Waals surface area contributed by atoms with Gasteiger partial charge in [-0.05, 0) is 55.4 Å². The van der Waals surface area contributed by atoms with Gasteiger partial charge in [0.15, 0.2) is 12.4 Å². The van der Waals surface area contributed by atoms with Gasteiger partial charge in [0.25, 0.3) is 0 Å². The summed E-state index contributed by atoms with van der Waals surface area (Å²) in [5.74, 6) is -3.58. The number of amides is 1. The highest BCUT2D eigenvalue weighted by Gasteiger charge is 2.68. The van der Waals surface area contributed by atoms with Gasteiger partial charge in [-0.3, -0.25) is 24.0 Å². The van der Waals surface area contributed by atoms with E-state index in [-0.39, 0.29) is 73.4 Å². The molecule has 0 unspecified atom stereocenters. The van der Waals surface area contributed by atoms with Crippen LogP contribution in [0.5, 0.6) is 0 Å². The fourth-order valence-electron chi connectivity index (χ4n) is 8.86. The van der Waals surface area contributed by atoms with Crippen LogP contribution in [0.4, 0.5) is 0 Å². The lowest BCUT2D eigenvalue weighted by atomic mass is 9.46. The number of Topliss-reactive ketones (excluding diaryl/α,β-unsaturated/α-hetero) is 2. The number of β-amino-alcohol motifs (C(OH)–C–C–N with tert-alkyl or cyclic N) is 1. The van der Waals surface area contributed by atoms with Crippen LogP contribution in [0.2, 0.25) is 0 Å². The van der Waals surface area contributed by atoms with Gasteiger partial charge in [-0.15, -0.1) is 0 Å². The largest absolute Gasteiger partial charge is 0.480 e. The van der Waals surface area contributed by atoms with Crippen LogP contribution >= 0.6 is 0 Å². The molecule has 11 nitrogen and oxygen atoms in total. The summed E-state index contributed by atoms with van der Waals surface area (Å²) in [6, 6.07) is -1.16. The molecule has 1 heterocycles. The summed E-state index contributed by atoms with van der Waals surface area (Å²) in [5, 5.41) is 30.7. The normalized spacial score (nSPS) is 39.9. The number of carboxylic acids is 1. The van der Waals surface area contributed by atoms with Crippen LogP contribution in [0.15, 0.2) is 11.6 Å². The van der Waals surface area contributed by atoms with Crippen LogP contribution in [0.1, 0.15) is 78.1 Å². The molecular formula is C30H39NO10. The van der Waals surface area contributed by atoms with E-state index in [2.05, 4.69) is 6.92 Å². The molecule has 0 aromatic rings. The van der Waals surface area contributed by atoms with E-state index in [1.54, 1.807) is 13.0 Å². The number of likely N-dealkylation sites (tertiary alicyclic amines) is 1. The van der Waals surface area contributed by atoms with E-state index in [9.17, 15) is 44.1 Å². The summed E-state index contributed by atoms with van der Waals surface area (Å²) < 4.78 is 5.14. The zero-order valence-electron chi connectivity index (χ0n) is 23.6. The Morgan fingerprint density at radius 2 is 1.80 bits per heavy atom. The number of carbonyl (C=O) groups excluding carboxylic acids is 5. The smallest absolute Gasteiger partial charge is 0.326 e. The van der Waals surface area contributed by atoms with Crippen LogP contribution in [-0.2, 0) is 33.5 Å². The third kappa shape index (κ3) is 4.74. The molecule has 3 saturated carbocycles. The van der Waals surface area contributed by atoms with Gasteiger partial charge >= 0.3 is 11.9 Å². The number of aliphatic carboxylic acids is 1. The number of nitrogens with zero attached hydrogens (tertiary/aromatic N) is 1. The molecule has 1 amide bonds. The van der Waals surface area contributed by atoms with Gasteiger partial charge in [-0.1, -0.05) is 19.4 Å². The van der Waals surface area contributed by atoms with E-state index in [1.807, 2.05) is 0 Å². The molecule has 5 aliphatic rings. The van der Waals surface area contributed by atoms with Gasteiger partial charge in [0, 0.05) is 43.6 Å². The molecule has 0 spiro atoms.